The highest BCUT2D eigenvalue weighted by Crippen LogP contribution is 2.39. The van der Waals surface area contributed by atoms with E-state index < -0.39 is 23.9 Å². The molecule has 0 unspecified atom stereocenters. The summed E-state index contributed by atoms with van der Waals surface area (Å²) in [5.41, 5.74) is 6.94. The molecule has 2 N–H and O–H groups in total. The van der Waals surface area contributed by atoms with E-state index in [-0.39, 0.29) is 13.1 Å². The number of halogens is 3. The van der Waals surface area contributed by atoms with Gasteiger partial charge in [-0.2, -0.15) is 13.2 Å². The van der Waals surface area contributed by atoms with Crippen molar-refractivity contribution in [3.63, 3.8) is 0 Å². The Balaban J connectivity index is 1.99. The zero-order valence-corrected chi connectivity index (χ0v) is 12.3. The number of primary amides is 1. The summed E-state index contributed by atoms with van der Waals surface area (Å²) in [5, 5.41) is 0. The Labute approximate surface area is 130 Å². The third-order valence-electron chi connectivity index (χ3n) is 4.13. The fourth-order valence-corrected chi connectivity index (χ4v) is 2.98. The van der Waals surface area contributed by atoms with E-state index in [1.807, 2.05) is 6.07 Å². The van der Waals surface area contributed by atoms with Crippen LogP contribution in [0.15, 0.2) is 24.3 Å². The minimum absolute atomic E-state index is 0.104. The van der Waals surface area contributed by atoms with Crippen molar-refractivity contribution in [1.29, 1.82) is 0 Å². The van der Waals surface area contributed by atoms with Gasteiger partial charge >= 0.3 is 6.18 Å². The van der Waals surface area contributed by atoms with Crippen molar-refractivity contribution in [3.8, 4) is 0 Å². The minimum atomic E-state index is -4.48. The van der Waals surface area contributed by atoms with E-state index in [4.69, 9.17) is 5.73 Å². The lowest BCUT2D eigenvalue weighted by molar-refractivity contribution is -0.181. The molecule has 2 heterocycles. The van der Waals surface area contributed by atoms with Gasteiger partial charge < -0.3 is 10.6 Å². The van der Waals surface area contributed by atoms with Crippen LogP contribution in [0.1, 0.15) is 5.69 Å². The number of anilines is 1. The van der Waals surface area contributed by atoms with Gasteiger partial charge in [0, 0.05) is 13.1 Å². The molecule has 23 heavy (non-hydrogen) atoms. The van der Waals surface area contributed by atoms with Crippen molar-refractivity contribution >= 4 is 22.8 Å². The monoisotopic (exact) mass is 324 g/mol. The van der Waals surface area contributed by atoms with Crippen molar-refractivity contribution in [1.82, 2.24) is 9.97 Å². The van der Waals surface area contributed by atoms with Crippen molar-refractivity contribution in [2.24, 2.45) is 17.6 Å². The Kier molecular flexibility index (Phi) is 3.62. The van der Waals surface area contributed by atoms with Crippen LogP contribution in [0.2, 0.25) is 0 Å². The van der Waals surface area contributed by atoms with Gasteiger partial charge in [-0.3, -0.25) is 4.79 Å². The summed E-state index contributed by atoms with van der Waals surface area (Å²) in [4.78, 5) is 21.6. The number of carbonyl (C=O) groups excluding carboxylic acids is 1. The first-order valence-corrected chi connectivity index (χ1v) is 7.11. The van der Waals surface area contributed by atoms with Crippen LogP contribution >= 0.6 is 0 Å². The van der Waals surface area contributed by atoms with E-state index >= 15 is 0 Å². The first-order chi connectivity index (χ1) is 10.8. The van der Waals surface area contributed by atoms with Gasteiger partial charge in [0.05, 0.1) is 28.6 Å². The molecule has 2 aromatic rings. The maximum atomic E-state index is 13.1. The van der Waals surface area contributed by atoms with E-state index in [1.165, 1.54) is 4.90 Å². The molecule has 2 atom stereocenters. The van der Waals surface area contributed by atoms with Crippen LogP contribution in [0.4, 0.5) is 19.0 Å². The number of alkyl halides is 3. The fourth-order valence-electron chi connectivity index (χ4n) is 2.98. The van der Waals surface area contributed by atoms with Crippen molar-refractivity contribution < 1.29 is 18.0 Å². The van der Waals surface area contributed by atoms with Crippen LogP contribution in [-0.4, -0.2) is 35.1 Å². The highest BCUT2D eigenvalue weighted by Gasteiger charge is 2.52. The SMILES string of the molecule is Cc1nc2ccccc2nc1N1C[C@@H](C(F)(F)F)[C@H](C(N)=O)C1. The predicted octanol–water partition coefficient (Wildman–Crippen LogP) is 2.04. The van der Waals surface area contributed by atoms with Crippen LogP contribution in [0.5, 0.6) is 0 Å². The number of rotatable bonds is 2. The van der Waals surface area contributed by atoms with Gasteiger partial charge in [-0.1, -0.05) is 12.1 Å². The molecule has 3 rings (SSSR count). The Morgan fingerprint density at radius 2 is 1.83 bits per heavy atom. The topological polar surface area (TPSA) is 72.1 Å². The van der Waals surface area contributed by atoms with E-state index in [9.17, 15) is 18.0 Å². The lowest BCUT2D eigenvalue weighted by Crippen LogP contribution is -2.37. The highest BCUT2D eigenvalue weighted by molar-refractivity contribution is 5.80. The van der Waals surface area contributed by atoms with Crippen LogP contribution < -0.4 is 10.6 Å². The molecule has 1 aliphatic rings. The number of aromatic nitrogens is 2. The number of hydrogen-bond donors (Lipinski definition) is 1. The Morgan fingerprint density at radius 3 is 2.35 bits per heavy atom. The molecule has 1 aromatic heterocycles. The summed E-state index contributed by atoms with van der Waals surface area (Å²) in [6, 6.07) is 7.13. The largest absolute Gasteiger partial charge is 0.394 e. The summed E-state index contributed by atoms with van der Waals surface area (Å²) in [5.74, 6) is -3.64. The second kappa shape index (κ2) is 5.36. The normalized spacial score (nSPS) is 21.8. The third kappa shape index (κ3) is 2.80. The van der Waals surface area contributed by atoms with Gasteiger partial charge in [-0.05, 0) is 19.1 Å². The Hall–Kier alpha value is -2.38. The number of benzene rings is 1. The Morgan fingerprint density at radius 1 is 1.22 bits per heavy atom. The number of aryl methyl sites for hydroxylation is 1. The van der Waals surface area contributed by atoms with Crippen molar-refractivity contribution in [2.75, 3.05) is 18.0 Å². The van der Waals surface area contributed by atoms with Crippen LogP contribution in [-0.2, 0) is 4.79 Å². The standard InChI is InChI=1S/C15H15F3N4O/c1-8-14(21-12-5-3-2-4-11(12)20-8)22-6-9(13(19)23)10(7-22)15(16,17)18/h2-5,9-10H,6-7H2,1H3,(H2,19,23)/t9-,10-/m1/s1. The number of carbonyl (C=O) groups is 1. The van der Waals surface area contributed by atoms with Gasteiger partial charge in [-0.25, -0.2) is 9.97 Å². The molecule has 0 spiro atoms. The minimum Gasteiger partial charge on any atom is -0.369 e. The summed E-state index contributed by atoms with van der Waals surface area (Å²) < 4.78 is 39.4. The third-order valence-corrected chi connectivity index (χ3v) is 4.13. The molecule has 0 radical (unpaired) electrons. The number of para-hydroxylation sites is 2. The molecular weight excluding hydrogens is 309 g/mol. The van der Waals surface area contributed by atoms with E-state index in [0.717, 1.165) is 0 Å². The van der Waals surface area contributed by atoms with E-state index in [2.05, 4.69) is 9.97 Å². The average Bonchev–Trinajstić information content (AvgIpc) is 2.92. The first-order valence-electron chi connectivity index (χ1n) is 7.11. The van der Waals surface area contributed by atoms with E-state index in [1.54, 1.807) is 25.1 Å². The molecule has 1 fully saturated rings. The number of fused-ring (bicyclic) bond motifs is 1. The maximum absolute atomic E-state index is 13.1. The van der Waals surface area contributed by atoms with Gasteiger partial charge in [-0.15, -0.1) is 0 Å². The molecule has 1 aliphatic heterocycles. The molecule has 122 valence electrons. The van der Waals surface area contributed by atoms with Gasteiger partial charge in [0.25, 0.3) is 0 Å². The molecule has 0 bridgehead atoms. The number of hydrogen-bond acceptors (Lipinski definition) is 4. The van der Waals surface area contributed by atoms with Crippen LogP contribution in [0.25, 0.3) is 11.0 Å². The van der Waals surface area contributed by atoms with Gasteiger partial charge in [0.2, 0.25) is 5.91 Å². The van der Waals surface area contributed by atoms with Crippen LogP contribution in [0, 0.1) is 18.8 Å². The van der Waals surface area contributed by atoms with Gasteiger partial charge in [0.15, 0.2) is 5.82 Å². The second-order valence-corrected chi connectivity index (χ2v) is 5.68. The molecule has 1 amide bonds. The molecule has 1 aromatic carbocycles. The molecule has 0 saturated carbocycles. The maximum Gasteiger partial charge on any atom is 0.394 e. The average molecular weight is 324 g/mol. The summed E-state index contributed by atoms with van der Waals surface area (Å²) in [7, 11) is 0. The lowest BCUT2D eigenvalue weighted by Gasteiger charge is -2.20. The molecule has 5 nitrogen and oxygen atoms in total. The molecule has 1 saturated heterocycles. The fraction of sp³-hybridized carbons (Fsp3) is 0.400. The zero-order valence-electron chi connectivity index (χ0n) is 12.3. The molecule has 0 aliphatic carbocycles. The van der Waals surface area contributed by atoms with Crippen molar-refractivity contribution in [3.05, 3.63) is 30.0 Å². The van der Waals surface area contributed by atoms with Gasteiger partial charge in [0.1, 0.15) is 0 Å². The number of amides is 1. The summed E-state index contributed by atoms with van der Waals surface area (Å²) >= 11 is 0. The second-order valence-electron chi connectivity index (χ2n) is 5.68. The molecule has 8 heteroatoms. The number of nitrogens with two attached hydrogens (primary N) is 1. The molecular formula is C15H15F3N4O. The van der Waals surface area contributed by atoms with Crippen LogP contribution in [0.3, 0.4) is 0 Å². The predicted molar refractivity (Wildman–Crippen MR) is 78.7 cm³/mol. The smallest absolute Gasteiger partial charge is 0.369 e. The number of nitrogens with zero attached hydrogens (tertiary/aromatic N) is 3. The quantitative estimate of drug-likeness (QED) is 0.917. The Bertz CT molecular complexity index is 762. The van der Waals surface area contributed by atoms with E-state index in [0.29, 0.717) is 22.5 Å². The first kappa shape index (κ1) is 15.5. The highest BCUT2D eigenvalue weighted by atomic mass is 19.4. The zero-order chi connectivity index (χ0) is 16.8. The summed E-state index contributed by atoms with van der Waals surface area (Å²) in [6.45, 7) is 1.24. The summed E-state index contributed by atoms with van der Waals surface area (Å²) in [6.07, 6.45) is -4.48. The lowest BCUT2D eigenvalue weighted by atomic mass is 9.95. The van der Waals surface area contributed by atoms with Crippen molar-refractivity contribution in [2.45, 2.75) is 13.1 Å².